The van der Waals surface area contributed by atoms with Gasteiger partial charge >= 0.3 is 18.0 Å². The molecule has 0 aromatic heterocycles. The van der Waals surface area contributed by atoms with Crippen LogP contribution in [0.2, 0.25) is 0 Å². The van der Waals surface area contributed by atoms with Crippen molar-refractivity contribution in [2.75, 3.05) is 20.2 Å². The number of esters is 1. The Labute approximate surface area is 117 Å². The molecule has 0 radical (unpaired) electrons. The van der Waals surface area contributed by atoms with Crippen LogP contribution in [0.1, 0.15) is 26.2 Å². The van der Waals surface area contributed by atoms with Crippen LogP contribution >= 0.6 is 0 Å². The molecular formula is C13H20N2O5. The van der Waals surface area contributed by atoms with E-state index in [2.05, 4.69) is 0 Å². The summed E-state index contributed by atoms with van der Waals surface area (Å²) >= 11 is 0. The molecule has 0 saturated carbocycles. The number of carboxylic acids is 1. The predicted octanol–water partition coefficient (Wildman–Crippen LogP) is 0.539. The zero-order valence-electron chi connectivity index (χ0n) is 11.7. The van der Waals surface area contributed by atoms with Crippen LogP contribution in [-0.2, 0) is 14.3 Å². The third-order valence-electron chi connectivity index (χ3n) is 4.07. The molecule has 0 spiro atoms. The van der Waals surface area contributed by atoms with E-state index >= 15 is 0 Å². The van der Waals surface area contributed by atoms with E-state index in [-0.39, 0.29) is 31.3 Å². The van der Waals surface area contributed by atoms with Crippen molar-refractivity contribution in [3.8, 4) is 0 Å². The summed E-state index contributed by atoms with van der Waals surface area (Å²) in [5, 5.41) is 9.16. The highest BCUT2D eigenvalue weighted by atomic mass is 16.5. The number of ether oxygens (including phenoxy) is 1. The monoisotopic (exact) mass is 284 g/mol. The van der Waals surface area contributed by atoms with Gasteiger partial charge in [0.05, 0.1) is 12.5 Å². The van der Waals surface area contributed by atoms with Crippen LogP contribution < -0.4 is 0 Å². The lowest BCUT2D eigenvalue weighted by Gasteiger charge is -2.28. The summed E-state index contributed by atoms with van der Waals surface area (Å²) in [5.74, 6) is -1.78. The minimum atomic E-state index is -0.844. The topological polar surface area (TPSA) is 87.2 Å². The second kappa shape index (κ2) is 5.68. The van der Waals surface area contributed by atoms with Crippen molar-refractivity contribution < 1.29 is 24.2 Å². The summed E-state index contributed by atoms with van der Waals surface area (Å²) in [6, 6.07) is -0.540. The molecule has 7 nitrogen and oxygen atoms in total. The fourth-order valence-corrected chi connectivity index (χ4v) is 3.22. The second-order valence-corrected chi connectivity index (χ2v) is 5.33. The average molecular weight is 284 g/mol. The SMILES string of the molecule is CCOC(=O)CN(C)C(=O)N1C2CCC1C(C(=O)O)C2. The zero-order valence-corrected chi connectivity index (χ0v) is 11.7. The Balaban J connectivity index is 1.99. The van der Waals surface area contributed by atoms with Gasteiger partial charge in [-0.15, -0.1) is 0 Å². The summed E-state index contributed by atoms with van der Waals surface area (Å²) in [7, 11) is 1.53. The van der Waals surface area contributed by atoms with Crippen LogP contribution in [0.3, 0.4) is 0 Å². The van der Waals surface area contributed by atoms with Gasteiger partial charge in [-0.2, -0.15) is 0 Å². The molecule has 2 fully saturated rings. The molecule has 0 aliphatic carbocycles. The number of nitrogens with zero attached hydrogens (tertiary/aromatic N) is 2. The van der Waals surface area contributed by atoms with E-state index in [1.807, 2.05) is 0 Å². The van der Waals surface area contributed by atoms with E-state index in [4.69, 9.17) is 9.84 Å². The smallest absolute Gasteiger partial charge is 0.325 e. The van der Waals surface area contributed by atoms with Gasteiger partial charge in [-0.25, -0.2) is 4.79 Å². The first-order valence-electron chi connectivity index (χ1n) is 6.87. The number of likely N-dealkylation sites (N-methyl/N-ethyl adjacent to an activating group) is 1. The second-order valence-electron chi connectivity index (χ2n) is 5.33. The van der Waals surface area contributed by atoms with E-state index in [1.165, 1.54) is 11.9 Å². The molecule has 1 N–H and O–H groups in total. The van der Waals surface area contributed by atoms with Gasteiger partial charge < -0.3 is 19.6 Å². The van der Waals surface area contributed by atoms with E-state index in [1.54, 1.807) is 11.8 Å². The van der Waals surface area contributed by atoms with Gasteiger partial charge in [-0.1, -0.05) is 0 Å². The van der Waals surface area contributed by atoms with Crippen molar-refractivity contribution in [1.29, 1.82) is 0 Å². The van der Waals surface area contributed by atoms with E-state index in [0.29, 0.717) is 6.42 Å². The lowest BCUT2D eigenvalue weighted by Crippen LogP contribution is -2.46. The molecule has 2 rings (SSSR count). The normalized spacial score (nSPS) is 27.5. The Hall–Kier alpha value is -1.79. The van der Waals surface area contributed by atoms with Gasteiger partial charge in [0.1, 0.15) is 6.54 Å². The van der Waals surface area contributed by atoms with E-state index < -0.39 is 17.9 Å². The number of fused-ring (bicyclic) bond motifs is 2. The van der Waals surface area contributed by atoms with E-state index in [9.17, 15) is 14.4 Å². The molecule has 2 saturated heterocycles. The van der Waals surface area contributed by atoms with Crippen molar-refractivity contribution in [3.63, 3.8) is 0 Å². The number of hydrogen-bond acceptors (Lipinski definition) is 4. The molecule has 0 aromatic rings. The Morgan fingerprint density at radius 1 is 1.35 bits per heavy atom. The van der Waals surface area contributed by atoms with Crippen molar-refractivity contribution in [1.82, 2.24) is 9.80 Å². The third kappa shape index (κ3) is 2.57. The highest BCUT2D eigenvalue weighted by molar-refractivity contribution is 5.83. The number of carbonyl (C=O) groups excluding carboxylic acids is 2. The first-order valence-corrected chi connectivity index (χ1v) is 6.87. The molecule has 3 unspecified atom stereocenters. The van der Waals surface area contributed by atoms with Crippen molar-refractivity contribution in [2.24, 2.45) is 5.92 Å². The van der Waals surface area contributed by atoms with Crippen LogP contribution in [0.15, 0.2) is 0 Å². The number of carboxylic acid groups (broad SMARTS) is 1. The Bertz CT molecular complexity index is 425. The molecule has 2 aliphatic heterocycles. The fraction of sp³-hybridized carbons (Fsp3) is 0.769. The van der Waals surface area contributed by atoms with Crippen LogP contribution in [0.5, 0.6) is 0 Å². The molecule has 112 valence electrons. The van der Waals surface area contributed by atoms with Crippen molar-refractivity contribution >= 4 is 18.0 Å². The fourth-order valence-electron chi connectivity index (χ4n) is 3.22. The molecule has 2 heterocycles. The Morgan fingerprint density at radius 2 is 2.05 bits per heavy atom. The van der Waals surface area contributed by atoms with Crippen molar-refractivity contribution in [3.05, 3.63) is 0 Å². The maximum Gasteiger partial charge on any atom is 0.325 e. The van der Waals surface area contributed by atoms with Crippen LogP contribution in [-0.4, -0.2) is 65.2 Å². The van der Waals surface area contributed by atoms with Gasteiger partial charge in [0, 0.05) is 19.1 Å². The number of rotatable bonds is 4. The third-order valence-corrected chi connectivity index (χ3v) is 4.07. The lowest BCUT2D eigenvalue weighted by atomic mass is 9.89. The molecule has 0 aromatic carbocycles. The molecule has 7 heteroatoms. The van der Waals surface area contributed by atoms with Crippen LogP contribution in [0, 0.1) is 5.92 Å². The Kier molecular flexibility index (Phi) is 4.15. The zero-order chi connectivity index (χ0) is 14.9. The van der Waals surface area contributed by atoms with Gasteiger partial charge in [0.15, 0.2) is 0 Å². The highest BCUT2D eigenvalue weighted by Crippen LogP contribution is 2.42. The van der Waals surface area contributed by atoms with E-state index in [0.717, 1.165) is 12.8 Å². The average Bonchev–Trinajstić information content (AvgIpc) is 2.95. The summed E-state index contributed by atoms with van der Waals surface area (Å²) in [5.41, 5.74) is 0. The van der Waals surface area contributed by atoms with Crippen LogP contribution in [0.4, 0.5) is 4.79 Å². The minimum absolute atomic E-state index is 0.0155. The largest absolute Gasteiger partial charge is 0.481 e. The lowest BCUT2D eigenvalue weighted by molar-refractivity contribution is -0.144. The maximum absolute atomic E-state index is 12.4. The first-order chi connectivity index (χ1) is 9.45. The molecule has 3 atom stereocenters. The van der Waals surface area contributed by atoms with Gasteiger partial charge in [-0.3, -0.25) is 9.59 Å². The maximum atomic E-state index is 12.4. The molecule has 2 aliphatic rings. The number of urea groups is 1. The predicted molar refractivity (Wildman–Crippen MR) is 69.1 cm³/mol. The molecule has 2 amide bonds. The number of amides is 2. The van der Waals surface area contributed by atoms with Crippen molar-refractivity contribution in [2.45, 2.75) is 38.3 Å². The van der Waals surface area contributed by atoms with Gasteiger partial charge in [0.2, 0.25) is 0 Å². The van der Waals surface area contributed by atoms with Crippen LogP contribution in [0.25, 0.3) is 0 Å². The quantitative estimate of drug-likeness (QED) is 0.761. The summed E-state index contributed by atoms with van der Waals surface area (Å²) in [6.07, 6.45) is 2.08. The standard InChI is InChI=1S/C13H20N2O5/c1-3-20-11(16)7-14(2)13(19)15-8-4-5-10(15)9(6-8)12(17)18/h8-10H,3-7H2,1-2H3,(H,17,18). The minimum Gasteiger partial charge on any atom is -0.481 e. The summed E-state index contributed by atoms with van der Waals surface area (Å²) in [6.45, 7) is 1.87. The van der Waals surface area contributed by atoms with Gasteiger partial charge in [0.25, 0.3) is 0 Å². The number of aliphatic carboxylic acids is 1. The number of hydrogen-bond donors (Lipinski definition) is 1. The first kappa shape index (κ1) is 14.6. The van der Waals surface area contributed by atoms with Gasteiger partial charge in [-0.05, 0) is 26.2 Å². The summed E-state index contributed by atoms with van der Waals surface area (Å²) in [4.78, 5) is 37.9. The summed E-state index contributed by atoms with van der Waals surface area (Å²) < 4.78 is 4.81. The Morgan fingerprint density at radius 3 is 2.60 bits per heavy atom. The highest BCUT2D eigenvalue weighted by Gasteiger charge is 2.52. The number of carbonyl (C=O) groups is 3. The molecular weight excluding hydrogens is 264 g/mol. The molecule has 20 heavy (non-hydrogen) atoms. The molecule has 2 bridgehead atoms.